The number of alkyl halides is 1. The van der Waals surface area contributed by atoms with Gasteiger partial charge in [-0.2, -0.15) is 0 Å². The van der Waals surface area contributed by atoms with E-state index in [2.05, 4.69) is 0 Å². The number of likely N-dealkylation sites (N-methyl/N-ethyl adjacent to an activating group) is 1. The molecule has 1 rings (SSSR count). The monoisotopic (exact) mass is 161 g/mol. The first-order valence-corrected chi connectivity index (χ1v) is 4.01. The van der Waals surface area contributed by atoms with Crippen molar-refractivity contribution in [3.05, 3.63) is 0 Å². The first kappa shape index (κ1) is 8.94. The second-order valence-corrected chi connectivity index (χ2v) is 3.29. The third kappa shape index (κ3) is 1.71. The molecule has 0 aromatic carbocycles. The van der Waals surface area contributed by atoms with Gasteiger partial charge >= 0.3 is 0 Å². The molecule has 1 aliphatic heterocycles. The molecule has 3 heteroatoms. The Morgan fingerprint density at radius 2 is 2.27 bits per heavy atom. The Kier molecular flexibility index (Phi) is 2.84. The molecular formula is C8H16FNO. The zero-order valence-electron chi connectivity index (χ0n) is 7.38. The van der Waals surface area contributed by atoms with Gasteiger partial charge in [0, 0.05) is 13.2 Å². The summed E-state index contributed by atoms with van der Waals surface area (Å²) in [5.41, 5.74) is 0. The lowest BCUT2D eigenvalue weighted by Crippen LogP contribution is -2.36. The molecule has 1 fully saturated rings. The molecule has 0 aromatic heterocycles. The molecule has 0 unspecified atom stereocenters. The van der Waals surface area contributed by atoms with Gasteiger partial charge in [0.15, 0.2) is 0 Å². The topological polar surface area (TPSA) is 12.5 Å². The van der Waals surface area contributed by atoms with Crippen molar-refractivity contribution in [1.29, 1.82) is 0 Å². The summed E-state index contributed by atoms with van der Waals surface area (Å²) < 4.78 is 18.1. The maximum absolute atomic E-state index is 13.2. The SMILES string of the molecule is COC[C@@H]1[C@H](F)C[C@H](C)N1C. The summed E-state index contributed by atoms with van der Waals surface area (Å²) >= 11 is 0. The van der Waals surface area contributed by atoms with E-state index in [1.54, 1.807) is 7.11 Å². The standard InChI is InChI=1S/C8H16FNO/c1-6-4-7(9)8(5-11-3)10(6)2/h6-8H,4-5H2,1-3H3/t6-,7+,8+/m0/s1. The number of ether oxygens (including phenoxy) is 1. The summed E-state index contributed by atoms with van der Waals surface area (Å²) in [6.07, 6.45) is -0.0696. The molecule has 66 valence electrons. The van der Waals surface area contributed by atoms with Crippen LogP contribution in [-0.4, -0.2) is 43.9 Å². The summed E-state index contributed by atoms with van der Waals surface area (Å²) in [6.45, 7) is 2.55. The van der Waals surface area contributed by atoms with Crippen LogP contribution in [0.1, 0.15) is 13.3 Å². The fourth-order valence-corrected chi connectivity index (χ4v) is 1.62. The van der Waals surface area contributed by atoms with Crippen LogP contribution >= 0.6 is 0 Å². The van der Waals surface area contributed by atoms with E-state index in [0.29, 0.717) is 19.1 Å². The minimum Gasteiger partial charge on any atom is -0.383 e. The van der Waals surface area contributed by atoms with Crippen LogP contribution in [-0.2, 0) is 4.74 Å². The predicted octanol–water partition coefficient (Wildman–Crippen LogP) is 1.06. The number of rotatable bonds is 2. The second-order valence-electron chi connectivity index (χ2n) is 3.29. The van der Waals surface area contributed by atoms with Crippen LogP contribution in [0.15, 0.2) is 0 Å². The molecule has 0 saturated carbocycles. The predicted molar refractivity (Wildman–Crippen MR) is 42.4 cm³/mol. The van der Waals surface area contributed by atoms with Crippen LogP contribution in [0.3, 0.4) is 0 Å². The number of nitrogens with zero attached hydrogens (tertiary/aromatic N) is 1. The molecule has 0 N–H and O–H groups in total. The van der Waals surface area contributed by atoms with Gasteiger partial charge in [-0.3, -0.25) is 4.90 Å². The first-order valence-electron chi connectivity index (χ1n) is 4.01. The molecule has 0 spiro atoms. The molecule has 0 bridgehead atoms. The molecule has 0 aliphatic carbocycles. The van der Waals surface area contributed by atoms with Crippen molar-refractivity contribution in [2.75, 3.05) is 20.8 Å². The average molecular weight is 161 g/mol. The first-order chi connectivity index (χ1) is 5.16. The third-order valence-electron chi connectivity index (χ3n) is 2.54. The summed E-state index contributed by atoms with van der Waals surface area (Å²) in [5, 5.41) is 0. The highest BCUT2D eigenvalue weighted by Gasteiger charge is 2.36. The summed E-state index contributed by atoms with van der Waals surface area (Å²) in [6, 6.07) is 0.320. The lowest BCUT2D eigenvalue weighted by Gasteiger charge is -2.22. The Morgan fingerprint density at radius 3 is 2.64 bits per heavy atom. The summed E-state index contributed by atoms with van der Waals surface area (Å²) in [4.78, 5) is 2.05. The molecular weight excluding hydrogens is 145 g/mol. The minimum absolute atomic E-state index is 0.0324. The van der Waals surface area contributed by atoms with E-state index in [1.807, 2.05) is 18.9 Å². The largest absolute Gasteiger partial charge is 0.383 e. The van der Waals surface area contributed by atoms with Gasteiger partial charge < -0.3 is 4.74 Å². The Hall–Kier alpha value is -0.150. The van der Waals surface area contributed by atoms with Gasteiger partial charge in [0.05, 0.1) is 12.6 Å². The van der Waals surface area contributed by atoms with Crippen molar-refractivity contribution in [1.82, 2.24) is 4.90 Å². The van der Waals surface area contributed by atoms with Crippen molar-refractivity contribution in [3.8, 4) is 0 Å². The molecule has 11 heavy (non-hydrogen) atoms. The van der Waals surface area contributed by atoms with Crippen LogP contribution in [0.25, 0.3) is 0 Å². The quantitative estimate of drug-likeness (QED) is 0.600. The van der Waals surface area contributed by atoms with E-state index >= 15 is 0 Å². The van der Waals surface area contributed by atoms with Gasteiger partial charge in [-0.1, -0.05) is 0 Å². The van der Waals surface area contributed by atoms with E-state index in [9.17, 15) is 4.39 Å². The normalized spacial score (nSPS) is 39.8. The zero-order valence-corrected chi connectivity index (χ0v) is 7.38. The van der Waals surface area contributed by atoms with Crippen LogP contribution in [0.5, 0.6) is 0 Å². The maximum Gasteiger partial charge on any atom is 0.119 e. The number of halogens is 1. The van der Waals surface area contributed by atoms with Gasteiger partial charge in [-0.05, 0) is 20.4 Å². The fourth-order valence-electron chi connectivity index (χ4n) is 1.62. The molecule has 1 saturated heterocycles. The number of hydrogen-bond acceptors (Lipinski definition) is 2. The highest BCUT2D eigenvalue weighted by atomic mass is 19.1. The highest BCUT2D eigenvalue weighted by Crippen LogP contribution is 2.24. The van der Waals surface area contributed by atoms with Crippen molar-refractivity contribution in [3.63, 3.8) is 0 Å². The van der Waals surface area contributed by atoms with Gasteiger partial charge in [0.25, 0.3) is 0 Å². The second kappa shape index (κ2) is 3.50. The van der Waals surface area contributed by atoms with Crippen LogP contribution < -0.4 is 0 Å². The van der Waals surface area contributed by atoms with Crippen molar-refractivity contribution in [2.24, 2.45) is 0 Å². The molecule has 2 nitrogen and oxygen atoms in total. The van der Waals surface area contributed by atoms with Crippen LogP contribution in [0.2, 0.25) is 0 Å². The van der Waals surface area contributed by atoms with E-state index in [-0.39, 0.29) is 6.04 Å². The Labute approximate surface area is 67.3 Å². The molecule has 0 aromatic rings. The molecule has 1 heterocycles. The zero-order chi connectivity index (χ0) is 8.43. The number of likely N-dealkylation sites (tertiary alicyclic amines) is 1. The highest BCUT2D eigenvalue weighted by molar-refractivity contribution is 4.90. The summed E-state index contributed by atoms with van der Waals surface area (Å²) in [5.74, 6) is 0. The molecule has 1 aliphatic rings. The maximum atomic E-state index is 13.2. The third-order valence-corrected chi connectivity index (χ3v) is 2.54. The van der Waals surface area contributed by atoms with Crippen molar-refractivity contribution in [2.45, 2.75) is 31.6 Å². The van der Waals surface area contributed by atoms with E-state index < -0.39 is 6.17 Å². The number of methoxy groups -OCH3 is 1. The average Bonchev–Trinajstić information content (AvgIpc) is 2.17. The Bertz CT molecular complexity index is 131. The lowest BCUT2D eigenvalue weighted by atomic mass is 10.2. The van der Waals surface area contributed by atoms with Gasteiger partial charge in [0.2, 0.25) is 0 Å². The number of hydrogen-bond donors (Lipinski definition) is 0. The van der Waals surface area contributed by atoms with E-state index in [4.69, 9.17) is 4.74 Å². The summed E-state index contributed by atoms with van der Waals surface area (Å²) in [7, 11) is 3.57. The van der Waals surface area contributed by atoms with Gasteiger partial charge in [-0.15, -0.1) is 0 Å². The molecule has 0 radical (unpaired) electrons. The lowest BCUT2D eigenvalue weighted by molar-refractivity contribution is 0.0896. The van der Waals surface area contributed by atoms with Gasteiger partial charge in [0.1, 0.15) is 6.17 Å². The molecule has 3 atom stereocenters. The molecule has 0 amide bonds. The van der Waals surface area contributed by atoms with Crippen LogP contribution in [0, 0.1) is 0 Å². The minimum atomic E-state index is -0.713. The Balaban J connectivity index is 2.49. The Morgan fingerprint density at radius 1 is 1.64 bits per heavy atom. The fraction of sp³-hybridized carbons (Fsp3) is 1.00. The van der Waals surface area contributed by atoms with Gasteiger partial charge in [-0.25, -0.2) is 4.39 Å². The van der Waals surface area contributed by atoms with Crippen molar-refractivity contribution < 1.29 is 9.13 Å². The van der Waals surface area contributed by atoms with Crippen molar-refractivity contribution >= 4 is 0 Å². The van der Waals surface area contributed by atoms with E-state index in [1.165, 1.54) is 0 Å². The van der Waals surface area contributed by atoms with E-state index in [0.717, 1.165) is 0 Å². The van der Waals surface area contributed by atoms with Crippen LogP contribution in [0.4, 0.5) is 4.39 Å². The smallest absolute Gasteiger partial charge is 0.119 e.